The number of guanidine groups is 1. The van der Waals surface area contributed by atoms with Crippen LogP contribution in [0.15, 0.2) is 59.6 Å². The molecule has 0 fully saturated rings. The average molecular weight is 404 g/mol. The average Bonchev–Trinajstić information content (AvgIpc) is 3.02. The van der Waals surface area contributed by atoms with Crippen LogP contribution in [0.5, 0.6) is 0 Å². The molecule has 2 N–H and O–H groups in total. The summed E-state index contributed by atoms with van der Waals surface area (Å²) in [6.07, 6.45) is 0.762. The minimum Gasteiger partial charge on any atom is -0.326 e. The van der Waals surface area contributed by atoms with Gasteiger partial charge in [-0.3, -0.25) is 19.8 Å². The summed E-state index contributed by atoms with van der Waals surface area (Å²) >= 11 is 0. The van der Waals surface area contributed by atoms with Gasteiger partial charge in [0, 0.05) is 30.0 Å². The van der Waals surface area contributed by atoms with E-state index in [0.717, 1.165) is 29.9 Å². The topological polar surface area (TPSA) is 71.3 Å². The van der Waals surface area contributed by atoms with Crippen molar-refractivity contribution in [3.63, 3.8) is 0 Å². The first-order chi connectivity index (χ1) is 14.5. The van der Waals surface area contributed by atoms with Crippen molar-refractivity contribution in [1.29, 1.82) is 0 Å². The lowest BCUT2D eigenvalue weighted by atomic mass is 10.1. The molecule has 1 aromatic heterocycles. The Balaban J connectivity index is 1.76. The maximum absolute atomic E-state index is 12.7. The Morgan fingerprint density at radius 1 is 1.07 bits per heavy atom. The van der Waals surface area contributed by atoms with Crippen LogP contribution in [0, 0.1) is 20.8 Å². The monoisotopic (exact) mass is 403 g/mol. The van der Waals surface area contributed by atoms with Crippen LogP contribution in [0.3, 0.4) is 0 Å². The van der Waals surface area contributed by atoms with E-state index in [4.69, 9.17) is 0 Å². The Bertz CT molecular complexity index is 1040. The quantitative estimate of drug-likeness (QED) is 0.477. The second kappa shape index (κ2) is 9.87. The zero-order chi connectivity index (χ0) is 21.5. The minimum atomic E-state index is -0.188. The van der Waals surface area contributed by atoms with Gasteiger partial charge in [0.1, 0.15) is 0 Å². The molecule has 0 saturated heterocycles. The van der Waals surface area contributed by atoms with Crippen LogP contribution in [0.2, 0.25) is 0 Å². The highest BCUT2D eigenvalue weighted by atomic mass is 16.1. The van der Waals surface area contributed by atoms with Crippen molar-refractivity contribution in [1.82, 2.24) is 15.1 Å². The van der Waals surface area contributed by atoms with Gasteiger partial charge in [-0.15, -0.1) is 0 Å². The van der Waals surface area contributed by atoms with Crippen molar-refractivity contribution < 1.29 is 4.79 Å². The van der Waals surface area contributed by atoms with Crippen molar-refractivity contribution in [3.8, 4) is 0 Å². The molecule has 0 radical (unpaired) electrons. The van der Waals surface area contributed by atoms with Crippen LogP contribution >= 0.6 is 0 Å². The zero-order valence-corrected chi connectivity index (χ0v) is 18.1. The zero-order valence-electron chi connectivity index (χ0n) is 18.1. The van der Waals surface area contributed by atoms with Gasteiger partial charge < -0.3 is 5.32 Å². The fourth-order valence-electron chi connectivity index (χ4n) is 3.42. The lowest BCUT2D eigenvalue weighted by molar-refractivity contribution is 0.0977. The third-order valence-corrected chi connectivity index (χ3v) is 5.01. The summed E-state index contributed by atoms with van der Waals surface area (Å²) in [5.41, 5.74) is 5.93. The molecule has 2 aromatic carbocycles. The number of aromatic nitrogens is 2. The first-order valence-electron chi connectivity index (χ1n) is 10.3. The van der Waals surface area contributed by atoms with Crippen LogP contribution in [-0.4, -0.2) is 28.2 Å². The largest absolute Gasteiger partial charge is 0.326 e. The van der Waals surface area contributed by atoms with Gasteiger partial charge in [-0.05, 0) is 63.9 Å². The van der Waals surface area contributed by atoms with E-state index in [0.29, 0.717) is 18.1 Å². The molecular formula is C24H29N5O. The van der Waals surface area contributed by atoms with Crippen molar-refractivity contribution in [2.24, 2.45) is 4.99 Å². The molecule has 0 aliphatic heterocycles. The number of carbonyl (C=O) groups excluding carboxylic acids is 1. The number of carbonyl (C=O) groups is 1. The van der Waals surface area contributed by atoms with Crippen LogP contribution in [0.25, 0.3) is 0 Å². The molecule has 3 aromatic rings. The summed E-state index contributed by atoms with van der Waals surface area (Å²) in [5, 5.41) is 10.7. The van der Waals surface area contributed by atoms with Crippen molar-refractivity contribution in [2.75, 3.05) is 11.9 Å². The van der Waals surface area contributed by atoms with Crippen molar-refractivity contribution in [3.05, 3.63) is 82.7 Å². The highest BCUT2D eigenvalue weighted by Crippen LogP contribution is 2.14. The fourth-order valence-corrected chi connectivity index (χ4v) is 3.42. The molecule has 6 nitrogen and oxygen atoms in total. The number of anilines is 1. The SMILES string of the molecule is CCn1nc(C)c(CCN=C(NC(=O)c2cccc(C)c2)Nc2ccccc2)c1C. The molecule has 156 valence electrons. The van der Waals surface area contributed by atoms with Crippen LogP contribution in [0.4, 0.5) is 5.69 Å². The highest BCUT2D eigenvalue weighted by molar-refractivity contribution is 6.10. The van der Waals surface area contributed by atoms with E-state index in [2.05, 4.69) is 34.6 Å². The number of benzene rings is 2. The molecular weight excluding hydrogens is 374 g/mol. The molecule has 0 saturated carbocycles. The van der Waals surface area contributed by atoms with E-state index in [9.17, 15) is 4.79 Å². The second-order valence-corrected chi connectivity index (χ2v) is 7.26. The maximum atomic E-state index is 12.7. The molecule has 0 atom stereocenters. The van der Waals surface area contributed by atoms with Crippen molar-refractivity contribution >= 4 is 17.6 Å². The maximum Gasteiger partial charge on any atom is 0.257 e. The Morgan fingerprint density at radius 3 is 2.50 bits per heavy atom. The molecule has 0 aliphatic carbocycles. The van der Waals surface area contributed by atoms with E-state index in [1.54, 1.807) is 6.07 Å². The number of para-hydroxylation sites is 1. The van der Waals surface area contributed by atoms with E-state index >= 15 is 0 Å². The summed E-state index contributed by atoms with van der Waals surface area (Å²) in [6.45, 7) is 9.56. The predicted molar refractivity (Wildman–Crippen MR) is 122 cm³/mol. The van der Waals surface area contributed by atoms with E-state index < -0.39 is 0 Å². The standard InChI is InChI=1S/C24H29N5O/c1-5-29-19(4)22(18(3)28-29)14-15-25-24(26-21-12-7-6-8-13-21)27-23(30)20-11-9-10-17(2)16-20/h6-13,16H,5,14-15H2,1-4H3,(H2,25,26,27,30). The molecule has 0 unspecified atom stereocenters. The normalized spacial score (nSPS) is 11.4. The van der Waals surface area contributed by atoms with Gasteiger partial charge in [0.25, 0.3) is 5.91 Å². The number of aryl methyl sites for hydroxylation is 3. The highest BCUT2D eigenvalue weighted by Gasteiger charge is 2.12. The van der Waals surface area contributed by atoms with Gasteiger partial charge >= 0.3 is 0 Å². The van der Waals surface area contributed by atoms with Crippen LogP contribution in [-0.2, 0) is 13.0 Å². The summed E-state index contributed by atoms with van der Waals surface area (Å²) in [4.78, 5) is 17.4. The Morgan fingerprint density at radius 2 is 1.83 bits per heavy atom. The summed E-state index contributed by atoms with van der Waals surface area (Å²) in [7, 11) is 0. The molecule has 0 bridgehead atoms. The van der Waals surface area contributed by atoms with E-state index in [1.807, 2.05) is 67.1 Å². The Kier molecular flexibility index (Phi) is 7.01. The van der Waals surface area contributed by atoms with Crippen molar-refractivity contribution in [2.45, 2.75) is 40.7 Å². The van der Waals surface area contributed by atoms with Gasteiger partial charge in [-0.1, -0.05) is 35.9 Å². The molecule has 0 spiro atoms. The van der Waals surface area contributed by atoms with Gasteiger partial charge in [0.2, 0.25) is 5.96 Å². The number of rotatable bonds is 6. The van der Waals surface area contributed by atoms with Crippen LogP contribution in [0.1, 0.15) is 39.8 Å². The summed E-state index contributed by atoms with van der Waals surface area (Å²) < 4.78 is 2.01. The first-order valence-corrected chi connectivity index (χ1v) is 10.3. The number of hydrogen-bond acceptors (Lipinski definition) is 3. The molecule has 0 aliphatic rings. The first kappa shape index (κ1) is 21.3. The van der Waals surface area contributed by atoms with Gasteiger partial charge in [0.15, 0.2) is 0 Å². The number of aliphatic imine (C=N–C) groups is 1. The number of amides is 1. The molecule has 6 heteroatoms. The smallest absolute Gasteiger partial charge is 0.257 e. The fraction of sp³-hybridized carbons (Fsp3) is 0.292. The van der Waals surface area contributed by atoms with Gasteiger partial charge in [-0.2, -0.15) is 5.10 Å². The lowest BCUT2D eigenvalue weighted by Gasteiger charge is -2.12. The molecule has 1 heterocycles. The van der Waals surface area contributed by atoms with Gasteiger partial charge in [0.05, 0.1) is 5.69 Å². The Hall–Kier alpha value is -3.41. The number of nitrogens with zero attached hydrogens (tertiary/aromatic N) is 3. The molecule has 3 rings (SSSR count). The third-order valence-electron chi connectivity index (χ3n) is 5.01. The summed E-state index contributed by atoms with van der Waals surface area (Å²) in [6, 6.07) is 17.2. The summed E-state index contributed by atoms with van der Waals surface area (Å²) in [5.74, 6) is 0.248. The Labute approximate surface area is 178 Å². The van der Waals surface area contributed by atoms with E-state index in [1.165, 1.54) is 11.3 Å². The molecule has 30 heavy (non-hydrogen) atoms. The number of hydrogen-bond donors (Lipinski definition) is 2. The third kappa shape index (κ3) is 5.35. The lowest BCUT2D eigenvalue weighted by Crippen LogP contribution is -2.36. The second-order valence-electron chi connectivity index (χ2n) is 7.26. The predicted octanol–water partition coefficient (Wildman–Crippen LogP) is 4.27. The number of nitrogens with one attached hydrogen (secondary N) is 2. The van der Waals surface area contributed by atoms with Gasteiger partial charge in [-0.25, -0.2) is 0 Å². The van der Waals surface area contributed by atoms with E-state index in [-0.39, 0.29) is 5.91 Å². The minimum absolute atomic E-state index is 0.188. The van der Waals surface area contributed by atoms with Crippen LogP contribution < -0.4 is 10.6 Å². The molecule has 1 amide bonds.